The monoisotopic (exact) mass is 267 g/mol. The molecule has 2 aromatic carbocycles. The molecular formula is C17H17NO2. The first-order chi connectivity index (χ1) is 9.45. The van der Waals surface area contributed by atoms with Gasteiger partial charge in [-0.25, -0.2) is 0 Å². The molecule has 0 radical (unpaired) electrons. The number of rotatable bonds is 3. The zero-order chi connectivity index (χ0) is 14.7. The minimum Gasteiger partial charge on any atom is -0.319 e. The molecule has 0 aliphatic rings. The molecule has 0 atom stereocenters. The predicted octanol–water partition coefficient (Wildman–Crippen LogP) is 3.43. The third-order valence-electron chi connectivity index (χ3n) is 3.00. The van der Waals surface area contributed by atoms with Gasteiger partial charge in [0, 0.05) is 11.3 Å². The number of benzene rings is 2. The van der Waals surface area contributed by atoms with Gasteiger partial charge < -0.3 is 5.32 Å². The van der Waals surface area contributed by atoms with Crippen molar-refractivity contribution >= 4 is 17.4 Å². The lowest BCUT2D eigenvalue weighted by atomic mass is 10.1. The van der Waals surface area contributed by atoms with Gasteiger partial charge in [0.1, 0.15) is 0 Å². The van der Waals surface area contributed by atoms with E-state index in [1.807, 2.05) is 51.1 Å². The number of aryl methyl sites for hydroxylation is 3. The van der Waals surface area contributed by atoms with Crippen LogP contribution in [-0.2, 0) is 4.79 Å². The third-order valence-corrected chi connectivity index (χ3v) is 3.00. The minimum atomic E-state index is -0.612. The second kappa shape index (κ2) is 5.70. The quantitative estimate of drug-likeness (QED) is 0.684. The van der Waals surface area contributed by atoms with Crippen LogP contribution < -0.4 is 5.32 Å². The molecule has 0 unspecified atom stereocenters. The van der Waals surface area contributed by atoms with E-state index >= 15 is 0 Å². The van der Waals surface area contributed by atoms with Crippen LogP contribution in [0.5, 0.6) is 0 Å². The highest BCUT2D eigenvalue weighted by molar-refractivity contribution is 6.46. The van der Waals surface area contributed by atoms with Crippen molar-refractivity contribution in [1.29, 1.82) is 0 Å². The second-order valence-electron chi connectivity index (χ2n) is 5.03. The van der Waals surface area contributed by atoms with Crippen LogP contribution in [0.1, 0.15) is 27.0 Å². The molecule has 20 heavy (non-hydrogen) atoms. The molecule has 0 aliphatic carbocycles. The lowest BCUT2D eigenvalue weighted by Gasteiger charge is -2.07. The fraction of sp³-hybridized carbons (Fsp3) is 0.176. The summed E-state index contributed by atoms with van der Waals surface area (Å²) in [5.41, 5.74) is 4.19. The highest BCUT2D eigenvalue weighted by Crippen LogP contribution is 2.14. The summed E-state index contributed by atoms with van der Waals surface area (Å²) in [7, 11) is 0. The van der Waals surface area contributed by atoms with E-state index in [9.17, 15) is 9.59 Å². The molecule has 0 bridgehead atoms. The normalized spacial score (nSPS) is 10.2. The summed E-state index contributed by atoms with van der Waals surface area (Å²) < 4.78 is 0. The molecule has 3 nitrogen and oxygen atoms in total. The van der Waals surface area contributed by atoms with Crippen molar-refractivity contribution < 1.29 is 9.59 Å². The standard InChI is InChI=1S/C17H17NO2/c1-11-4-6-14(7-5-11)16(19)17(20)18-15-9-12(2)8-13(3)10-15/h4-10H,1-3H3,(H,18,20). The Morgan fingerprint density at radius 1 is 0.800 bits per heavy atom. The Labute approximate surface area is 118 Å². The maximum absolute atomic E-state index is 12.0. The molecule has 0 heterocycles. The molecule has 0 spiro atoms. The van der Waals surface area contributed by atoms with E-state index in [2.05, 4.69) is 5.32 Å². The van der Waals surface area contributed by atoms with Crippen molar-refractivity contribution in [2.45, 2.75) is 20.8 Å². The van der Waals surface area contributed by atoms with Crippen LogP contribution in [0.2, 0.25) is 0 Å². The first-order valence-corrected chi connectivity index (χ1v) is 6.46. The fourth-order valence-corrected chi connectivity index (χ4v) is 2.07. The number of Topliss-reactive ketones (excluding diaryl/α,β-unsaturated/α-hetero) is 1. The summed E-state index contributed by atoms with van der Waals surface area (Å²) in [6.45, 7) is 5.83. The molecule has 3 heteroatoms. The largest absolute Gasteiger partial charge is 0.319 e. The van der Waals surface area contributed by atoms with Crippen LogP contribution in [0.4, 0.5) is 5.69 Å². The Kier molecular flexibility index (Phi) is 3.99. The average Bonchev–Trinajstić information content (AvgIpc) is 2.37. The lowest BCUT2D eigenvalue weighted by Crippen LogP contribution is -2.22. The molecule has 1 amide bonds. The summed E-state index contributed by atoms with van der Waals surface area (Å²) >= 11 is 0. The van der Waals surface area contributed by atoms with Gasteiger partial charge in [-0.2, -0.15) is 0 Å². The zero-order valence-corrected chi connectivity index (χ0v) is 11.9. The molecule has 0 aliphatic heterocycles. The number of carbonyl (C=O) groups is 2. The SMILES string of the molecule is Cc1ccc(C(=O)C(=O)Nc2cc(C)cc(C)c2)cc1. The van der Waals surface area contributed by atoms with Gasteiger partial charge in [0.15, 0.2) is 0 Å². The summed E-state index contributed by atoms with van der Waals surface area (Å²) in [6, 6.07) is 12.7. The van der Waals surface area contributed by atoms with Crippen molar-refractivity contribution in [3.05, 3.63) is 64.7 Å². The van der Waals surface area contributed by atoms with Gasteiger partial charge in [-0.3, -0.25) is 9.59 Å². The second-order valence-corrected chi connectivity index (χ2v) is 5.03. The number of hydrogen-bond donors (Lipinski definition) is 1. The Bertz CT molecular complexity index is 637. The van der Waals surface area contributed by atoms with Crippen molar-refractivity contribution in [3.63, 3.8) is 0 Å². The molecule has 2 aromatic rings. The van der Waals surface area contributed by atoms with Crippen molar-refractivity contribution in [3.8, 4) is 0 Å². The number of nitrogens with one attached hydrogen (secondary N) is 1. The van der Waals surface area contributed by atoms with Gasteiger partial charge in [-0.15, -0.1) is 0 Å². The zero-order valence-electron chi connectivity index (χ0n) is 11.9. The Balaban J connectivity index is 2.15. The van der Waals surface area contributed by atoms with E-state index in [1.54, 1.807) is 12.1 Å². The van der Waals surface area contributed by atoms with Gasteiger partial charge in [-0.1, -0.05) is 35.9 Å². The Morgan fingerprint density at radius 2 is 1.35 bits per heavy atom. The molecule has 102 valence electrons. The summed E-state index contributed by atoms with van der Waals surface area (Å²) in [5.74, 6) is -1.14. The van der Waals surface area contributed by atoms with Crippen LogP contribution in [-0.4, -0.2) is 11.7 Å². The number of carbonyl (C=O) groups excluding carboxylic acids is 2. The van der Waals surface area contributed by atoms with Gasteiger partial charge in [0.25, 0.3) is 11.7 Å². The van der Waals surface area contributed by atoms with Gasteiger partial charge in [0.05, 0.1) is 0 Å². The highest BCUT2D eigenvalue weighted by atomic mass is 16.2. The first-order valence-electron chi connectivity index (χ1n) is 6.46. The van der Waals surface area contributed by atoms with E-state index < -0.39 is 11.7 Å². The maximum atomic E-state index is 12.0. The smallest absolute Gasteiger partial charge is 0.296 e. The number of ketones is 1. The Morgan fingerprint density at radius 3 is 1.90 bits per heavy atom. The van der Waals surface area contributed by atoms with Crippen LogP contribution in [0.25, 0.3) is 0 Å². The average molecular weight is 267 g/mol. The molecule has 0 fully saturated rings. The predicted molar refractivity (Wildman–Crippen MR) is 80.1 cm³/mol. The van der Waals surface area contributed by atoms with E-state index in [0.29, 0.717) is 11.3 Å². The van der Waals surface area contributed by atoms with Gasteiger partial charge >= 0.3 is 0 Å². The van der Waals surface area contributed by atoms with E-state index in [0.717, 1.165) is 16.7 Å². The van der Waals surface area contributed by atoms with Crippen molar-refractivity contribution in [1.82, 2.24) is 0 Å². The lowest BCUT2D eigenvalue weighted by molar-refractivity contribution is -0.112. The van der Waals surface area contributed by atoms with Crippen LogP contribution in [0.15, 0.2) is 42.5 Å². The summed E-state index contributed by atoms with van der Waals surface area (Å²) in [5, 5.41) is 2.65. The molecule has 2 rings (SSSR count). The fourth-order valence-electron chi connectivity index (χ4n) is 2.07. The Hall–Kier alpha value is -2.42. The van der Waals surface area contributed by atoms with E-state index in [-0.39, 0.29) is 0 Å². The number of anilines is 1. The topological polar surface area (TPSA) is 46.2 Å². The van der Waals surface area contributed by atoms with Gasteiger partial charge in [0.2, 0.25) is 0 Å². The van der Waals surface area contributed by atoms with E-state index in [4.69, 9.17) is 0 Å². The highest BCUT2D eigenvalue weighted by Gasteiger charge is 2.16. The molecule has 0 aromatic heterocycles. The molecule has 0 saturated heterocycles. The van der Waals surface area contributed by atoms with Crippen molar-refractivity contribution in [2.75, 3.05) is 5.32 Å². The molecule has 0 saturated carbocycles. The minimum absolute atomic E-state index is 0.400. The van der Waals surface area contributed by atoms with Crippen LogP contribution in [0, 0.1) is 20.8 Å². The maximum Gasteiger partial charge on any atom is 0.296 e. The molecule has 1 N–H and O–H groups in total. The summed E-state index contributed by atoms with van der Waals surface area (Å²) in [4.78, 5) is 24.0. The summed E-state index contributed by atoms with van der Waals surface area (Å²) in [6.07, 6.45) is 0. The number of amides is 1. The third kappa shape index (κ3) is 3.32. The van der Waals surface area contributed by atoms with Gasteiger partial charge in [-0.05, 0) is 44.0 Å². The first kappa shape index (κ1) is 14.0. The number of hydrogen-bond acceptors (Lipinski definition) is 2. The van der Waals surface area contributed by atoms with Crippen LogP contribution in [0.3, 0.4) is 0 Å². The van der Waals surface area contributed by atoms with Crippen molar-refractivity contribution in [2.24, 2.45) is 0 Å². The van der Waals surface area contributed by atoms with Crippen LogP contribution >= 0.6 is 0 Å². The van der Waals surface area contributed by atoms with E-state index in [1.165, 1.54) is 0 Å². The molecular weight excluding hydrogens is 250 g/mol.